The Bertz CT molecular complexity index is 307. The van der Waals surface area contributed by atoms with Crippen molar-refractivity contribution in [3.63, 3.8) is 0 Å². The number of likely N-dealkylation sites (tertiary alicyclic amines) is 1. The van der Waals surface area contributed by atoms with Crippen LogP contribution in [0.4, 0.5) is 0 Å². The van der Waals surface area contributed by atoms with Gasteiger partial charge in [-0.2, -0.15) is 0 Å². The highest BCUT2D eigenvalue weighted by Crippen LogP contribution is 2.21. The van der Waals surface area contributed by atoms with Gasteiger partial charge in [0.2, 0.25) is 0 Å². The van der Waals surface area contributed by atoms with Gasteiger partial charge in [-0.05, 0) is 44.3 Å². The van der Waals surface area contributed by atoms with Gasteiger partial charge in [-0.25, -0.2) is 0 Å². The molecule has 1 atom stereocenters. The van der Waals surface area contributed by atoms with Gasteiger partial charge in [-0.1, -0.05) is 50.1 Å². The lowest BCUT2D eigenvalue weighted by atomic mass is 10.0. The predicted octanol–water partition coefficient (Wildman–Crippen LogP) is 3.88. The lowest BCUT2D eigenvalue weighted by molar-refractivity contribution is 0.247. The topological polar surface area (TPSA) is 3.24 Å². The van der Waals surface area contributed by atoms with E-state index in [1.165, 1.54) is 57.2 Å². The average Bonchev–Trinajstić information content (AvgIpc) is 2.79. The number of benzene rings is 1. The van der Waals surface area contributed by atoms with Gasteiger partial charge in [0.25, 0.3) is 0 Å². The third-order valence-corrected chi connectivity index (χ3v) is 3.86. The van der Waals surface area contributed by atoms with Crippen molar-refractivity contribution in [1.82, 2.24) is 4.90 Å². The number of rotatable bonds is 6. The molecule has 1 heterocycles. The molecule has 0 aliphatic carbocycles. The maximum Gasteiger partial charge on any atom is 0.0136 e. The molecule has 0 spiro atoms. The molecule has 1 aliphatic rings. The predicted molar refractivity (Wildman–Crippen MR) is 74.3 cm³/mol. The molecule has 0 N–H and O–H groups in total. The van der Waals surface area contributed by atoms with Crippen molar-refractivity contribution in [3.8, 4) is 0 Å². The maximum absolute atomic E-state index is 2.71. The Kier molecular flexibility index (Phi) is 5.06. The fourth-order valence-corrected chi connectivity index (χ4v) is 2.87. The quantitative estimate of drug-likeness (QED) is 0.671. The highest BCUT2D eigenvalue weighted by Gasteiger charge is 2.23. The second kappa shape index (κ2) is 6.80. The molecule has 0 radical (unpaired) electrons. The molecule has 0 saturated carbocycles. The number of nitrogens with zero attached hydrogens (tertiary/aromatic N) is 1. The highest BCUT2D eigenvalue weighted by molar-refractivity contribution is 5.16. The summed E-state index contributed by atoms with van der Waals surface area (Å²) in [6.45, 7) is 4.91. The third-order valence-electron chi connectivity index (χ3n) is 3.86. The summed E-state index contributed by atoms with van der Waals surface area (Å²) >= 11 is 0. The van der Waals surface area contributed by atoms with E-state index in [0.717, 1.165) is 6.04 Å². The number of hydrogen-bond donors (Lipinski definition) is 0. The van der Waals surface area contributed by atoms with E-state index < -0.39 is 0 Å². The molecule has 1 aromatic carbocycles. The van der Waals surface area contributed by atoms with Crippen molar-refractivity contribution in [2.75, 3.05) is 13.1 Å². The van der Waals surface area contributed by atoms with E-state index in [1.54, 1.807) is 0 Å². The highest BCUT2D eigenvalue weighted by atomic mass is 15.2. The zero-order valence-electron chi connectivity index (χ0n) is 11.1. The van der Waals surface area contributed by atoms with Crippen molar-refractivity contribution in [2.24, 2.45) is 0 Å². The Morgan fingerprint density at radius 3 is 2.76 bits per heavy atom. The largest absolute Gasteiger partial charge is 0.300 e. The summed E-state index contributed by atoms with van der Waals surface area (Å²) in [5.74, 6) is 0. The molecule has 1 aliphatic heterocycles. The first-order valence-electron chi connectivity index (χ1n) is 7.18. The average molecular weight is 231 g/mol. The van der Waals surface area contributed by atoms with Crippen LogP contribution in [0.3, 0.4) is 0 Å². The van der Waals surface area contributed by atoms with Crippen molar-refractivity contribution in [3.05, 3.63) is 35.9 Å². The zero-order chi connectivity index (χ0) is 11.9. The summed E-state index contributed by atoms with van der Waals surface area (Å²) in [7, 11) is 0. The molecule has 1 fully saturated rings. The first kappa shape index (κ1) is 12.6. The molecule has 94 valence electrons. The van der Waals surface area contributed by atoms with Crippen molar-refractivity contribution < 1.29 is 0 Å². The van der Waals surface area contributed by atoms with Crippen LogP contribution in [-0.4, -0.2) is 24.0 Å². The van der Waals surface area contributed by atoms with E-state index in [0.29, 0.717) is 0 Å². The van der Waals surface area contributed by atoms with Crippen molar-refractivity contribution in [1.29, 1.82) is 0 Å². The van der Waals surface area contributed by atoms with Crippen LogP contribution in [0.25, 0.3) is 0 Å². The Balaban J connectivity index is 1.82. The molecule has 0 aromatic heterocycles. The van der Waals surface area contributed by atoms with Crippen LogP contribution in [-0.2, 0) is 6.42 Å². The first-order chi connectivity index (χ1) is 8.40. The minimum Gasteiger partial charge on any atom is -0.300 e. The molecular formula is C16H25N. The van der Waals surface area contributed by atoms with Crippen LogP contribution in [0.1, 0.15) is 44.6 Å². The first-order valence-corrected chi connectivity index (χ1v) is 7.18. The monoisotopic (exact) mass is 231 g/mol. The summed E-state index contributed by atoms with van der Waals surface area (Å²) in [5, 5.41) is 0. The van der Waals surface area contributed by atoms with E-state index in [9.17, 15) is 0 Å². The third kappa shape index (κ3) is 3.85. The molecule has 1 heteroatoms. The van der Waals surface area contributed by atoms with Crippen LogP contribution in [0.2, 0.25) is 0 Å². The lowest BCUT2D eigenvalue weighted by Crippen LogP contribution is -2.32. The van der Waals surface area contributed by atoms with E-state index >= 15 is 0 Å². The van der Waals surface area contributed by atoms with E-state index in [4.69, 9.17) is 0 Å². The zero-order valence-corrected chi connectivity index (χ0v) is 11.1. The Labute approximate surface area is 106 Å². The molecule has 1 unspecified atom stereocenters. The maximum atomic E-state index is 2.71. The van der Waals surface area contributed by atoms with E-state index in [-0.39, 0.29) is 0 Å². The van der Waals surface area contributed by atoms with Gasteiger partial charge in [0.05, 0.1) is 0 Å². The summed E-state index contributed by atoms with van der Waals surface area (Å²) in [6.07, 6.45) is 8.12. The van der Waals surface area contributed by atoms with Crippen LogP contribution < -0.4 is 0 Å². The molecule has 17 heavy (non-hydrogen) atoms. The summed E-state index contributed by atoms with van der Waals surface area (Å²) in [5.41, 5.74) is 1.50. The molecule has 1 saturated heterocycles. The fourth-order valence-electron chi connectivity index (χ4n) is 2.87. The Hall–Kier alpha value is -0.820. The van der Waals surface area contributed by atoms with Crippen molar-refractivity contribution >= 4 is 0 Å². The van der Waals surface area contributed by atoms with E-state index in [1.807, 2.05) is 0 Å². The SMILES string of the molecule is CCCCCN1CCCC1Cc1ccccc1. The van der Waals surface area contributed by atoms with Gasteiger partial charge in [-0.3, -0.25) is 0 Å². The van der Waals surface area contributed by atoms with Crippen molar-refractivity contribution in [2.45, 2.75) is 51.5 Å². The number of hydrogen-bond acceptors (Lipinski definition) is 1. The second-order valence-corrected chi connectivity index (χ2v) is 5.23. The minimum absolute atomic E-state index is 0.800. The van der Waals surface area contributed by atoms with Gasteiger partial charge >= 0.3 is 0 Å². The van der Waals surface area contributed by atoms with Gasteiger partial charge in [0.15, 0.2) is 0 Å². The summed E-state index contributed by atoms with van der Waals surface area (Å²) in [4.78, 5) is 2.71. The second-order valence-electron chi connectivity index (χ2n) is 5.23. The van der Waals surface area contributed by atoms with Crippen LogP contribution in [0, 0.1) is 0 Å². The molecular weight excluding hydrogens is 206 g/mol. The molecule has 1 aromatic rings. The molecule has 0 bridgehead atoms. The smallest absolute Gasteiger partial charge is 0.0136 e. The summed E-state index contributed by atoms with van der Waals surface area (Å²) in [6, 6.07) is 11.8. The van der Waals surface area contributed by atoms with Crippen LogP contribution in [0.5, 0.6) is 0 Å². The Morgan fingerprint density at radius 2 is 2.00 bits per heavy atom. The van der Waals surface area contributed by atoms with Gasteiger partial charge in [0.1, 0.15) is 0 Å². The standard InChI is InChI=1S/C16H25N/c1-2-3-7-12-17-13-8-11-16(17)14-15-9-5-4-6-10-15/h4-6,9-10,16H,2-3,7-8,11-14H2,1H3. The normalized spacial score (nSPS) is 20.9. The van der Waals surface area contributed by atoms with Gasteiger partial charge in [0, 0.05) is 6.04 Å². The van der Waals surface area contributed by atoms with Crippen LogP contribution in [0.15, 0.2) is 30.3 Å². The lowest BCUT2D eigenvalue weighted by Gasteiger charge is -2.24. The van der Waals surface area contributed by atoms with E-state index in [2.05, 4.69) is 42.2 Å². The molecule has 1 nitrogen and oxygen atoms in total. The summed E-state index contributed by atoms with van der Waals surface area (Å²) < 4.78 is 0. The number of unbranched alkanes of at least 4 members (excludes halogenated alkanes) is 2. The van der Waals surface area contributed by atoms with Gasteiger partial charge < -0.3 is 4.90 Å². The fraction of sp³-hybridized carbons (Fsp3) is 0.625. The minimum atomic E-state index is 0.800. The van der Waals surface area contributed by atoms with Crippen LogP contribution >= 0.6 is 0 Å². The van der Waals surface area contributed by atoms with Gasteiger partial charge in [-0.15, -0.1) is 0 Å². The Morgan fingerprint density at radius 1 is 1.18 bits per heavy atom. The molecule has 2 rings (SSSR count). The molecule has 0 amide bonds.